The number of hydrogen-bond donors (Lipinski definition) is 1. The van der Waals surface area contributed by atoms with Gasteiger partial charge in [0.1, 0.15) is 6.10 Å². The van der Waals surface area contributed by atoms with E-state index in [4.69, 9.17) is 4.74 Å². The number of epoxide rings is 1. The Hall–Kier alpha value is -0.0800. The molecule has 2 nitrogen and oxygen atoms in total. The van der Waals surface area contributed by atoms with Crippen LogP contribution in [-0.2, 0) is 4.74 Å². The largest absolute Gasteiger partial charge is 0.387 e. The Bertz CT molecular complexity index is 205. The third-order valence-electron chi connectivity index (χ3n) is 4.01. The lowest BCUT2D eigenvalue weighted by Crippen LogP contribution is -2.41. The summed E-state index contributed by atoms with van der Waals surface area (Å²) in [6.45, 7) is 7.68. The second kappa shape index (κ2) is 3.21. The van der Waals surface area contributed by atoms with Crippen LogP contribution < -0.4 is 0 Å². The molecule has 1 atom stereocenters. The SMILES string of the molecule is CC(C)(C)C1CCC(O)(C2CO2)CC1. The Morgan fingerprint density at radius 2 is 1.71 bits per heavy atom. The first-order valence-electron chi connectivity index (χ1n) is 5.76. The lowest BCUT2D eigenvalue weighted by Gasteiger charge is -2.40. The van der Waals surface area contributed by atoms with Crippen molar-refractivity contribution in [1.82, 2.24) is 0 Å². The highest BCUT2D eigenvalue weighted by Gasteiger charge is 2.48. The Morgan fingerprint density at radius 3 is 2.07 bits per heavy atom. The van der Waals surface area contributed by atoms with Crippen molar-refractivity contribution in [1.29, 1.82) is 0 Å². The number of hydrogen-bond acceptors (Lipinski definition) is 2. The zero-order chi connectivity index (χ0) is 10.4. The van der Waals surface area contributed by atoms with Gasteiger partial charge in [0.05, 0.1) is 12.2 Å². The Kier molecular flexibility index (Phi) is 2.39. The fourth-order valence-corrected chi connectivity index (χ4v) is 2.66. The van der Waals surface area contributed by atoms with E-state index in [1.807, 2.05) is 0 Å². The number of rotatable bonds is 1. The molecule has 14 heavy (non-hydrogen) atoms. The fraction of sp³-hybridized carbons (Fsp3) is 1.00. The van der Waals surface area contributed by atoms with E-state index in [0.717, 1.165) is 38.2 Å². The maximum atomic E-state index is 10.3. The van der Waals surface area contributed by atoms with Crippen molar-refractivity contribution < 1.29 is 9.84 Å². The monoisotopic (exact) mass is 198 g/mol. The van der Waals surface area contributed by atoms with Gasteiger partial charge in [0, 0.05) is 0 Å². The van der Waals surface area contributed by atoms with Crippen LogP contribution in [0.3, 0.4) is 0 Å². The van der Waals surface area contributed by atoms with Gasteiger partial charge in [-0.2, -0.15) is 0 Å². The molecule has 0 radical (unpaired) electrons. The maximum absolute atomic E-state index is 10.3. The Morgan fingerprint density at radius 1 is 1.21 bits per heavy atom. The number of ether oxygens (including phenoxy) is 1. The highest BCUT2D eigenvalue weighted by molar-refractivity contribution is 4.98. The molecule has 1 heterocycles. The van der Waals surface area contributed by atoms with Crippen molar-refractivity contribution in [3.05, 3.63) is 0 Å². The molecule has 1 N–H and O–H groups in total. The summed E-state index contributed by atoms with van der Waals surface area (Å²) in [4.78, 5) is 0. The zero-order valence-corrected chi connectivity index (χ0v) is 9.55. The minimum Gasteiger partial charge on any atom is -0.387 e. The molecule has 0 aromatic carbocycles. The van der Waals surface area contributed by atoms with Gasteiger partial charge in [0.15, 0.2) is 0 Å². The zero-order valence-electron chi connectivity index (χ0n) is 9.55. The molecule has 1 unspecified atom stereocenters. The van der Waals surface area contributed by atoms with E-state index in [2.05, 4.69) is 20.8 Å². The number of aliphatic hydroxyl groups is 1. The second-order valence-corrected chi connectivity index (χ2v) is 6.07. The maximum Gasteiger partial charge on any atom is 0.110 e. The molecule has 82 valence electrons. The van der Waals surface area contributed by atoms with Gasteiger partial charge in [-0.3, -0.25) is 0 Å². The van der Waals surface area contributed by atoms with Crippen LogP contribution in [0.2, 0.25) is 0 Å². The summed E-state index contributed by atoms with van der Waals surface area (Å²) in [6, 6.07) is 0. The first kappa shape index (κ1) is 10.4. The van der Waals surface area contributed by atoms with Crippen LogP contribution in [0, 0.1) is 11.3 Å². The van der Waals surface area contributed by atoms with E-state index in [1.165, 1.54) is 0 Å². The van der Waals surface area contributed by atoms with E-state index in [0.29, 0.717) is 5.41 Å². The molecule has 0 bridgehead atoms. The van der Waals surface area contributed by atoms with Crippen LogP contribution in [0.25, 0.3) is 0 Å². The van der Waals surface area contributed by atoms with Crippen molar-refractivity contribution in [3.8, 4) is 0 Å². The second-order valence-electron chi connectivity index (χ2n) is 6.07. The topological polar surface area (TPSA) is 32.8 Å². The molecular formula is C12H22O2. The molecule has 0 aromatic heterocycles. The summed E-state index contributed by atoms with van der Waals surface area (Å²) in [7, 11) is 0. The summed E-state index contributed by atoms with van der Waals surface area (Å²) >= 11 is 0. The first-order chi connectivity index (χ1) is 6.42. The fourth-order valence-electron chi connectivity index (χ4n) is 2.66. The molecule has 2 heteroatoms. The Balaban J connectivity index is 1.91. The molecule has 0 aromatic rings. The summed E-state index contributed by atoms with van der Waals surface area (Å²) in [5, 5.41) is 10.3. The summed E-state index contributed by atoms with van der Waals surface area (Å²) in [5.41, 5.74) is -0.0898. The van der Waals surface area contributed by atoms with Gasteiger partial charge >= 0.3 is 0 Å². The molecular weight excluding hydrogens is 176 g/mol. The highest BCUT2D eigenvalue weighted by atomic mass is 16.6. The van der Waals surface area contributed by atoms with Crippen LogP contribution in [0.4, 0.5) is 0 Å². The first-order valence-corrected chi connectivity index (χ1v) is 5.76. The summed E-state index contributed by atoms with van der Waals surface area (Å²) in [6.07, 6.45) is 4.32. The lowest BCUT2D eigenvalue weighted by molar-refractivity contribution is -0.0445. The predicted octanol–water partition coefficient (Wildman–Crippen LogP) is 2.35. The van der Waals surface area contributed by atoms with Crippen LogP contribution in [0.5, 0.6) is 0 Å². The summed E-state index contributed by atoms with van der Waals surface area (Å²) < 4.78 is 5.22. The smallest absolute Gasteiger partial charge is 0.110 e. The van der Waals surface area contributed by atoms with Gasteiger partial charge in [-0.15, -0.1) is 0 Å². The molecule has 1 aliphatic carbocycles. The van der Waals surface area contributed by atoms with Crippen LogP contribution in [0.1, 0.15) is 46.5 Å². The Labute approximate surface area is 86.6 Å². The quantitative estimate of drug-likeness (QED) is 0.656. The molecule has 1 saturated carbocycles. The predicted molar refractivity (Wildman–Crippen MR) is 56.1 cm³/mol. The standard InChI is InChI=1S/C12H22O2/c1-11(2,3)9-4-6-12(13,7-5-9)10-8-14-10/h9-10,13H,4-8H2,1-3H3. The average Bonchev–Trinajstić information content (AvgIpc) is 2.85. The minimum absolute atomic E-state index is 0.156. The van der Waals surface area contributed by atoms with Crippen molar-refractivity contribution in [3.63, 3.8) is 0 Å². The molecule has 2 aliphatic rings. The van der Waals surface area contributed by atoms with E-state index in [9.17, 15) is 5.11 Å². The normalized spacial score (nSPS) is 43.7. The van der Waals surface area contributed by atoms with Gasteiger partial charge < -0.3 is 9.84 Å². The van der Waals surface area contributed by atoms with Crippen LogP contribution in [0.15, 0.2) is 0 Å². The van der Waals surface area contributed by atoms with Crippen molar-refractivity contribution >= 4 is 0 Å². The lowest BCUT2D eigenvalue weighted by atomic mass is 9.68. The van der Waals surface area contributed by atoms with Crippen molar-refractivity contribution in [2.45, 2.75) is 58.2 Å². The van der Waals surface area contributed by atoms with Crippen molar-refractivity contribution in [2.75, 3.05) is 6.61 Å². The van der Waals surface area contributed by atoms with Crippen molar-refractivity contribution in [2.24, 2.45) is 11.3 Å². The summed E-state index contributed by atoms with van der Waals surface area (Å²) in [5.74, 6) is 0.765. The molecule has 0 spiro atoms. The van der Waals surface area contributed by atoms with Gasteiger partial charge in [-0.25, -0.2) is 0 Å². The van der Waals surface area contributed by atoms with Gasteiger partial charge in [0.25, 0.3) is 0 Å². The molecule has 1 aliphatic heterocycles. The van der Waals surface area contributed by atoms with E-state index < -0.39 is 5.60 Å². The van der Waals surface area contributed by atoms with E-state index in [-0.39, 0.29) is 6.10 Å². The van der Waals surface area contributed by atoms with Gasteiger partial charge in [-0.1, -0.05) is 20.8 Å². The third kappa shape index (κ3) is 1.96. The highest BCUT2D eigenvalue weighted by Crippen LogP contribution is 2.45. The van der Waals surface area contributed by atoms with E-state index >= 15 is 0 Å². The third-order valence-corrected chi connectivity index (χ3v) is 4.01. The van der Waals surface area contributed by atoms with E-state index in [1.54, 1.807) is 0 Å². The molecule has 2 rings (SSSR count). The average molecular weight is 198 g/mol. The van der Waals surface area contributed by atoms with Crippen LogP contribution >= 0.6 is 0 Å². The molecule has 2 fully saturated rings. The van der Waals surface area contributed by atoms with Gasteiger partial charge in [-0.05, 0) is 37.0 Å². The van der Waals surface area contributed by atoms with Crippen LogP contribution in [-0.4, -0.2) is 23.4 Å². The van der Waals surface area contributed by atoms with Gasteiger partial charge in [0.2, 0.25) is 0 Å². The molecule has 0 amide bonds. The molecule has 1 saturated heterocycles. The minimum atomic E-state index is -0.484.